The number of aliphatic imine (C=N–C) groups is 2. The molecule has 0 radical (unpaired) electrons. The van der Waals surface area contributed by atoms with Crippen molar-refractivity contribution in [1.82, 2.24) is 0 Å². The van der Waals surface area contributed by atoms with Gasteiger partial charge < -0.3 is 10.2 Å². The van der Waals surface area contributed by atoms with E-state index in [2.05, 4.69) is 117 Å². The van der Waals surface area contributed by atoms with Crippen LogP contribution in [0, 0.1) is 0 Å². The van der Waals surface area contributed by atoms with Gasteiger partial charge in [-0.2, -0.15) is 0 Å². The van der Waals surface area contributed by atoms with Gasteiger partial charge in [0.25, 0.3) is 0 Å². The van der Waals surface area contributed by atoms with Gasteiger partial charge in [-0.3, -0.25) is 9.98 Å². The number of benzene rings is 2. The van der Waals surface area contributed by atoms with Crippen molar-refractivity contribution in [3.8, 4) is 11.5 Å². The summed E-state index contributed by atoms with van der Waals surface area (Å²) >= 11 is 0. The SMILES string of the molecule is CC(C)(C)c1cc(C=NCCCCCN=Cc2cc(C(C)(C)C)cc(C(C)(C)C)c2O)c(O)c(C(C)(C)C)c1. The van der Waals surface area contributed by atoms with Gasteiger partial charge in [0, 0.05) is 47.8 Å². The normalized spacial score (nSPS) is 13.6. The Labute approximate surface area is 238 Å². The highest BCUT2D eigenvalue weighted by atomic mass is 16.3. The fourth-order valence-corrected chi connectivity index (χ4v) is 4.43. The largest absolute Gasteiger partial charge is 0.507 e. The van der Waals surface area contributed by atoms with E-state index in [9.17, 15) is 10.2 Å². The fraction of sp³-hybridized carbons (Fsp3) is 0.600. The third kappa shape index (κ3) is 9.22. The van der Waals surface area contributed by atoms with E-state index in [1.54, 1.807) is 0 Å². The molecule has 0 bridgehead atoms. The number of hydrogen-bond acceptors (Lipinski definition) is 4. The van der Waals surface area contributed by atoms with E-state index in [0.717, 1.165) is 54.6 Å². The summed E-state index contributed by atoms with van der Waals surface area (Å²) in [5, 5.41) is 21.9. The molecule has 0 unspecified atom stereocenters. The Kier molecular flexibility index (Phi) is 10.3. The summed E-state index contributed by atoms with van der Waals surface area (Å²) in [7, 11) is 0. The molecule has 0 spiro atoms. The van der Waals surface area contributed by atoms with Crippen molar-refractivity contribution >= 4 is 12.4 Å². The molecule has 39 heavy (non-hydrogen) atoms. The molecule has 0 amide bonds. The average molecular weight is 535 g/mol. The van der Waals surface area contributed by atoms with Crippen LogP contribution >= 0.6 is 0 Å². The topological polar surface area (TPSA) is 65.2 Å². The quantitative estimate of drug-likeness (QED) is 0.262. The van der Waals surface area contributed by atoms with Crippen LogP contribution in [0.2, 0.25) is 0 Å². The zero-order chi connectivity index (χ0) is 29.8. The molecule has 216 valence electrons. The van der Waals surface area contributed by atoms with E-state index >= 15 is 0 Å². The minimum absolute atomic E-state index is 0.00400. The van der Waals surface area contributed by atoms with Crippen molar-refractivity contribution < 1.29 is 10.2 Å². The summed E-state index contributed by atoms with van der Waals surface area (Å²) in [6.07, 6.45) is 6.62. The van der Waals surface area contributed by atoms with E-state index in [1.165, 1.54) is 11.1 Å². The van der Waals surface area contributed by atoms with E-state index in [1.807, 2.05) is 12.4 Å². The average Bonchev–Trinajstić information content (AvgIpc) is 2.76. The molecule has 4 heteroatoms. The molecule has 0 aliphatic carbocycles. The monoisotopic (exact) mass is 534 g/mol. The van der Waals surface area contributed by atoms with E-state index < -0.39 is 0 Å². The molecule has 0 aromatic heterocycles. The number of hydrogen-bond donors (Lipinski definition) is 2. The van der Waals surface area contributed by atoms with E-state index in [-0.39, 0.29) is 21.7 Å². The zero-order valence-corrected chi connectivity index (χ0v) is 26.8. The number of phenols is 2. The van der Waals surface area contributed by atoms with Gasteiger partial charge in [-0.25, -0.2) is 0 Å². The minimum atomic E-state index is -0.145. The highest BCUT2D eigenvalue weighted by Crippen LogP contribution is 2.38. The smallest absolute Gasteiger partial charge is 0.128 e. The van der Waals surface area contributed by atoms with Crippen molar-refractivity contribution in [3.63, 3.8) is 0 Å². The van der Waals surface area contributed by atoms with Crippen LogP contribution in [0.1, 0.15) is 136 Å². The molecule has 0 aliphatic rings. The second-order valence-electron chi connectivity index (χ2n) is 15.1. The van der Waals surface area contributed by atoms with Gasteiger partial charge in [-0.15, -0.1) is 0 Å². The molecule has 0 atom stereocenters. The Morgan fingerprint density at radius 2 is 0.846 bits per heavy atom. The Balaban J connectivity index is 1.99. The summed E-state index contributed by atoms with van der Waals surface area (Å²) in [5.74, 6) is 0.670. The first-order valence-electron chi connectivity index (χ1n) is 14.5. The van der Waals surface area contributed by atoms with Crippen molar-refractivity contribution in [3.05, 3.63) is 57.6 Å². The van der Waals surface area contributed by atoms with Gasteiger partial charge in [0.2, 0.25) is 0 Å². The summed E-state index contributed by atoms with van der Waals surface area (Å²) < 4.78 is 0. The summed E-state index contributed by atoms with van der Waals surface area (Å²) in [6.45, 7) is 27.4. The van der Waals surface area contributed by atoms with Crippen LogP contribution in [0.3, 0.4) is 0 Å². The molecular weight excluding hydrogens is 480 g/mol. The van der Waals surface area contributed by atoms with Gasteiger partial charge in [-0.1, -0.05) is 95.2 Å². The van der Waals surface area contributed by atoms with Crippen molar-refractivity contribution in [2.24, 2.45) is 9.98 Å². The molecule has 0 fully saturated rings. The second kappa shape index (κ2) is 12.3. The molecule has 2 N–H and O–H groups in total. The van der Waals surface area contributed by atoms with Crippen LogP contribution in [-0.4, -0.2) is 35.7 Å². The lowest BCUT2D eigenvalue weighted by Crippen LogP contribution is -2.17. The Bertz CT molecular complexity index is 1080. The molecular formula is C35H54N2O2. The van der Waals surface area contributed by atoms with Crippen LogP contribution < -0.4 is 0 Å². The first-order valence-corrected chi connectivity index (χ1v) is 14.5. The third-order valence-electron chi connectivity index (χ3n) is 7.16. The first kappa shape index (κ1) is 32.6. The molecule has 0 saturated heterocycles. The van der Waals surface area contributed by atoms with Crippen LogP contribution in [-0.2, 0) is 21.7 Å². The molecule has 0 saturated carbocycles. The number of phenolic OH excluding ortho intramolecular Hbond substituents is 2. The van der Waals surface area contributed by atoms with Gasteiger partial charge in [0.1, 0.15) is 11.5 Å². The zero-order valence-electron chi connectivity index (χ0n) is 26.8. The Morgan fingerprint density at radius 1 is 0.513 bits per heavy atom. The van der Waals surface area contributed by atoms with Crippen LogP contribution in [0.5, 0.6) is 11.5 Å². The highest BCUT2D eigenvalue weighted by Gasteiger charge is 2.25. The molecule has 0 aliphatic heterocycles. The molecule has 0 heterocycles. The van der Waals surface area contributed by atoms with Crippen LogP contribution in [0.4, 0.5) is 0 Å². The maximum absolute atomic E-state index is 10.9. The molecule has 4 nitrogen and oxygen atoms in total. The standard InChI is InChI=1S/C35H54N2O2/c1-32(2,3)26-18-24(30(38)28(20-26)34(7,8)9)22-36-16-14-13-15-17-37-23-25-19-27(33(4,5)6)21-29(31(25)39)35(10,11)12/h18-23,38-39H,13-17H2,1-12H3. The number of aromatic hydroxyl groups is 2. The van der Waals surface area contributed by atoms with Crippen molar-refractivity contribution in [1.29, 1.82) is 0 Å². The summed E-state index contributed by atoms with van der Waals surface area (Å²) in [6, 6.07) is 8.41. The van der Waals surface area contributed by atoms with E-state index in [4.69, 9.17) is 0 Å². The summed E-state index contributed by atoms with van der Waals surface area (Å²) in [5.41, 5.74) is 5.63. The Morgan fingerprint density at radius 3 is 1.13 bits per heavy atom. The van der Waals surface area contributed by atoms with Crippen LogP contribution in [0.15, 0.2) is 34.3 Å². The van der Waals surface area contributed by atoms with E-state index in [0.29, 0.717) is 11.5 Å². The fourth-order valence-electron chi connectivity index (χ4n) is 4.43. The van der Waals surface area contributed by atoms with Gasteiger partial charge in [0.15, 0.2) is 0 Å². The lowest BCUT2D eigenvalue weighted by Gasteiger charge is -2.27. The predicted octanol–water partition coefficient (Wildman–Crippen LogP) is 9.00. The number of rotatable bonds is 8. The predicted molar refractivity (Wildman–Crippen MR) is 170 cm³/mol. The van der Waals surface area contributed by atoms with Gasteiger partial charge in [0.05, 0.1) is 0 Å². The molecule has 2 rings (SSSR count). The molecule has 2 aromatic rings. The third-order valence-corrected chi connectivity index (χ3v) is 7.16. The highest BCUT2D eigenvalue weighted by molar-refractivity contribution is 5.85. The lowest BCUT2D eigenvalue weighted by atomic mass is 9.79. The van der Waals surface area contributed by atoms with Gasteiger partial charge in [-0.05, 0) is 64.2 Å². The summed E-state index contributed by atoms with van der Waals surface area (Å²) in [4.78, 5) is 9.27. The minimum Gasteiger partial charge on any atom is -0.507 e. The number of unbranched alkanes of at least 4 members (excludes halogenated alkanes) is 2. The lowest BCUT2D eigenvalue weighted by molar-refractivity contribution is 0.443. The Hall–Kier alpha value is -2.62. The molecule has 2 aromatic carbocycles. The number of nitrogens with zero attached hydrogens (tertiary/aromatic N) is 2. The van der Waals surface area contributed by atoms with Crippen molar-refractivity contribution in [2.45, 2.75) is 124 Å². The van der Waals surface area contributed by atoms with Crippen molar-refractivity contribution in [2.75, 3.05) is 13.1 Å². The second-order valence-corrected chi connectivity index (χ2v) is 15.1. The maximum Gasteiger partial charge on any atom is 0.128 e. The van der Waals surface area contributed by atoms with Crippen LogP contribution in [0.25, 0.3) is 0 Å². The maximum atomic E-state index is 10.9. The van der Waals surface area contributed by atoms with Gasteiger partial charge >= 0.3 is 0 Å². The first-order chi connectivity index (χ1) is 17.7.